The second-order valence-corrected chi connectivity index (χ2v) is 8.11. The van der Waals surface area contributed by atoms with Gasteiger partial charge in [0.25, 0.3) is 0 Å². The van der Waals surface area contributed by atoms with Crippen LogP contribution in [0.25, 0.3) is 5.70 Å². The van der Waals surface area contributed by atoms with Gasteiger partial charge in [0.15, 0.2) is 11.5 Å². The summed E-state index contributed by atoms with van der Waals surface area (Å²) in [6, 6.07) is 16.7. The van der Waals surface area contributed by atoms with Crippen molar-refractivity contribution in [2.45, 2.75) is 12.8 Å². The predicted molar refractivity (Wildman–Crippen MR) is 130 cm³/mol. The second kappa shape index (κ2) is 11.3. The number of ether oxygens (including phenoxy) is 3. The number of allylic oxidation sites excluding steroid dienone is 1. The molecule has 3 N–H and O–H groups in total. The number of carbonyl (C=O) groups excluding carboxylic acids is 2. The molecular weight excluding hydrogens is 454 g/mol. The monoisotopic (exact) mass is 479 g/mol. The van der Waals surface area contributed by atoms with Crippen LogP contribution in [0.1, 0.15) is 24.0 Å². The fourth-order valence-corrected chi connectivity index (χ4v) is 4.53. The van der Waals surface area contributed by atoms with Crippen LogP contribution in [-0.2, 0) is 14.3 Å². The lowest BCUT2D eigenvalue weighted by Gasteiger charge is -2.31. The fraction of sp³-hybridized carbons (Fsp3) is 0.240. The van der Waals surface area contributed by atoms with E-state index in [9.17, 15) is 14.9 Å². The van der Waals surface area contributed by atoms with Crippen molar-refractivity contribution in [2.24, 2.45) is 5.73 Å². The molecule has 0 saturated carbocycles. The molecule has 1 amide bonds. The molecule has 34 heavy (non-hydrogen) atoms. The Morgan fingerprint density at radius 3 is 2.44 bits per heavy atom. The molecule has 1 heterocycles. The SMILES string of the molecule is CCOC(=O)C1=C(c2ccccc2)NC(SCC(N)=O)=C(C#N)C1c1cccc(OC)c1OC. The lowest BCUT2D eigenvalue weighted by atomic mass is 9.80. The molecule has 0 radical (unpaired) electrons. The number of nitriles is 1. The van der Waals surface area contributed by atoms with E-state index < -0.39 is 17.8 Å². The van der Waals surface area contributed by atoms with Gasteiger partial charge in [0.1, 0.15) is 0 Å². The maximum absolute atomic E-state index is 13.3. The standard InChI is InChI=1S/C25H25N3O5S/c1-4-33-25(30)21-20(16-11-8-12-18(31-2)23(16)32-3)17(13-26)24(34-14-19(27)29)28-22(21)15-9-6-5-7-10-15/h5-12,20,28H,4,14H2,1-3H3,(H2,27,29). The highest BCUT2D eigenvalue weighted by Gasteiger charge is 2.39. The van der Waals surface area contributed by atoms with Crippen molar-refractivity contribution in [2.75, 3.05) is 26.6 Å². The van der Waals surface area contributed by atoms with Crippen molar-refractivity contribution >= 4 is 29.3 Å². The maximum Gasteiger partial charge on any atom is 0.337 e. The van der Waals surface area contributed by atoms with E-state index in [1.165, 1.54) is 14.2 Å². The van der Waals surface area contributed by atoms with E-state index in [1.807, 2.05) is 30.3 Å². The Morgan fingerprint density at radius 2 is 1.85 bits per heavy atom. The largest absolute Gasteiger partial charge is 0.493 e. The Labute approximate surface area is 202 Å². The van der Waals surface area contributed by atoms with Gasteiger partial charge >= 0.3 is 5.97 Å². The molecule has 176 valence electrons. The Morgan fingerprint density at radius 1 is 1.12 bits per heavy atom. The molecule has 1 atom stereocenters. The van der Waals surface area contributed by atoms with E-state index in [2.05, 4.69) is 11.4 Å². The average Bonchev–Trinajstić information content (AvgIpc) is 2.86. The van der Waals surface area contributed by atoms with Crippen LogP contribution in [-0.4, -0.2) is 38.5 Å². The molecule has 0 aliphatic carbocycles. The van der Waals surface area contributed by atoms with Gasteiger partial charge in [-0.1, -0.05) is 54.2 Å². The number of hydrogen-bond acceptors (Lipinski definition) is 8. The summed E-state index contributed by atoms with van der Waals surface area (Å²) in [4.78, 5) is 24.9. The molecule has 2 aromatic rings. The molecule has 0 bridgehead atoms. The Hall–Kier alpha value is -3.90. The van der Waals surface area contributed by atoms with Gasteiger partial charge in [-0.05, 0) is 18.6 Å². The molecule has 0 spiro atoms. The minimum atomic E-state index is -0.846. The topological polar surface area (TPSA) is 124 Å². The number of nitrogens with zero attached hydrogens (tertiary/aromatic N) is 1. The van der Waals surface area contributed by atoms with Crippen LogP contribution in [0.3, 0.4) is 0 Å². The highest BCUT2D eigenvalue weighted by Crippen LogP contribution is 2.48. The van der Waals surface area contributed by atoms with Crippen LogP contribution in [0.2, 0.25) is 0 Å². The Balaban J connectivity index is 2.37. The first kappa shape index (κ1) is 24.7. The zero-order chi connectivity index (χ0) is 24.7. The summed E-state index contributed by atoms with van der Waals surface area (Å²) in [6.45, 7) is 1.87. The van der Waals surface area contributed by atoms with E-state index >= 15 is 0 Å². The highest BCUT2D eigenvalue weighted by atomic mass is 32.2. The highest BCUT2D eigenvalue weighted by molar-refractivity contribution is 8.03. The van der Waals surface area contributed by atoms with E-state index in [0.717, 1.165) is 11.8 Å². The predicted octanol–water partition coefficient (Wildman–Crippen LogP) is 3.32. The number of rotatable bonds is 9. The lowest BCUT2D eigenvalue weighted by Crippen LogP contribution is -2.30. The number of thioether (sulfide) groups is 1. The zero-order valence-electron chi connectivity index (χ0n) is 19.1. The first-order valence-corrected chi connectivity index (χ1v) is 11.4. The number of hydrogen-bond donors (Lipinski definition) is 2. The number of amides is 1. The van der Waals surface area contributed by atoms with Crippen molar-refractivity contribution in [3.8, 4) is 17.6 Å². The van der Waals surface area contributed by atoms with Gasteiger partial charge in [-0.3, -0.25) is 4.79 Å². The average molecular weight is 480 g/mol. The normalized spacial score (nSPS) is 15.3. The zero-order valence-corrected chi connectivity index (χ0v) is 19.9. The smallest absolute Gasteiger partial charge is 0.337 e. The summed E-state index contributed by atoms with van der Waals surface area (Å²) in [5.41, 5.74) is 7.59. The minimum Gasteiger partial charge on any atom is -0.493 e. The Kier molecular flexibility index (Phi) is 8.22. The number of carbonyl (C=O) groups is 2. The van der Waals surface area contributed by atoms with E-state index in [4.69, 9.17) is 19.9 Å². The van der Waals surface area contributed by atoms with Crippen LogP contribution < -0.4 is 20.5 Å². The summed E-state index contributed by atoms with van der Waals surface area (Å²) in [6.07, 6.45) is 0. The maximum atomic E-state index is 13.3. The van der Waals surface area contributed by atoms with Crippen molar-refractivity contribution in [3.05, 3.63) is 75.8 Å². The Bertz CT molecular complexity index is 1180. The number of esters is 1. The number of benzene rings is 2. The minimum absolute atomic E-state index is 0.0493. The van der Waals surface area contributed by atoms with E-state index in [0.29, 0.717) is 33.4 Å². The van der Waals surface area contributed by atoms with Gasteiger partial charge in [-0.25, -0.2) is 4.79 Å². The van der Waals surface area contributed by atoms with Gasteiger partial charge in [-0.2, -0.15) is 5.26 Å². The van der Waals surface area contributed by atoms with Gasteiger partial charge in [0, 0.05) is 5.56 Å². The quantitative estimate of drug-likeness (QED) is 0.525. The first-order chi connectivity index (χ1) is 16.5. The summed E-state index contributed by atoms with van der Waals surface area (Å²) in [7, 11) is 3.00. The molecule has 1 unspecified atom stereocenters. The summed E-state index contributed by atoms with van der Waals surface area (Å²) >= 11 is 1.10. The van der Waals surface area contributed by atoms with Crippen LogP contribution in [0.4, 0.5) is 0 Å². The third-order valence-corrected chi connectivity index (χ3v) is 6.15. The van der Waals surface area contributed by atoms with Crippen molar-refractivity contribution < 1.29 is 23.8 Å². The summed E-state index contributed by atoms with van der Waals surface area (Å²) in [5.74, 6) is -1.17. The van der Waals surface area contributed by atoms with Gasteiger partial charge in [0.2, 0.25) is 5.91 Å². The molecule has 0 aromatic heterocycles. The lowest BCUT2D eigenvalue weighted by molar-refractivity contribution is -0.138. The van der Waals surface area contributed by atoms with E-state index in [-0.39, 0.29) is 23.5 Å². The molecule has 0 fully saturated rings. The first-order valence-electron chi connectivity index (χ1n) is 10.5. The molecule has 9 heteroatoms. The number of para-hydroxylation sites is 1. The van der Waals surface area contributed by atoms with Gasteiger partial charge < -0.3 is 25.3 Å². The fourth-order valence-electron chi connectivity index (χ4n) is 3.75. The molecule has 2 aromatic carbocycles. The molecule has 1 aliphatic rings. The summed E-state index contributed by atoms with van der Waals surface area (Å²) < 4.78 is 16.5. The van der Waals surface area contributed by atoms with Crippen molar-refractivity contribution in [3.63, 3.8) is 0 Å². The van der Waals surface area contributed by atoms with Crippen LogP contribution in [0.15, 0.2) is 64.7 Å². The number of primary amides is 1. The third kappa shape index (κ3) is 5.02. The molecule has 8 nitrogen and oxygen atoms in total. The van der Waals surface area contributed by atoms with Crippen LogP contribution in [0, 0.1) is 11.3 Å². The molecule has 0 saturated heterocycles. The summed E-state index contributed by atoms with van der Waals surface area (Å²) in [5, 5.41) is 13.8. The third-order valence-electron chi connectivity index (χ3n) is 5.11. The number of dihydropyridines is 1. The van der Waals surface area contributed by atoms with Crippen LogP contribution in [0.5, 0.6) is 11.5 Å². The molecular formula is C25H25N3O5S. The molecule has 1 aliphatic heterocycles. The van der Waals surface area contributed by atoms with Gasteiger partial charge in [0.05, 0.1) is 60.4 Å². The van der Waals surface area contributed by atoms with Crippen molar-refractivity contribution in [1.82, 2.24) is 5.32 Å². The number of nitrogens with two attached hydrogens (primary N) is 1. The molecule has 3 rings (SSSR count). The second-order valence-electron chi connectivity index (χ2n) is 7.13. The van der Waals surface area contributed by atoms with Crippen molar-refractivity contribution in [1.29, 1.82) is 5.26 Å². The number of nitrogens with one attached hydrogen (secondary N) is 1. The number of methoxy groups -OCH3 is 2. The van der Waals surface area contributed by atoms with E-state index in [1.54, 1.807) is 25.1 Å². The van der Waals surface area contributed by atoms with Crippen LogP contribution >= 0.6 is 11.8 Å². The van der Waals surface area contributed by atoms with Gasteiger partial charge in [-0.15, -0.1) is 0 Å².